The van der Waals surface area contributed by atoms with Crippen LogP contribution in [0.3, 0.4) is 0 Å². The second-order valence-electron chi connectivity index (χ2n) is 6.53. The molecule has 0 bridgehead atoms. The van der Waals surface area contributed by atoms with Crippen LogP contribution < -0.4 is 5.56 Å². The second-order valence-corrected chi connectivity index (χ2v) is 6.53. The van der Waals surface area contributed by atoms with Gasteiger partial charge in [-0.2, -0.15) is 0 Å². The quantitative estimate of drug-likeness (QED) is 0.507. The van der Waals surface area contributed by atoms with Crippen molar-refractivity contribution in [3.8, 4) is 17.1 Å². The van der Waals surface area contributed by atoms with Crippen molar-refractivity contribution >= 4 is 16.7 Å². The molecule has 0 fully saturated rings. The molecular weight excluding hydrogens is 336 g/mol. The van der Waals surface area contributed by atoms with Crippen LogP contribution in [0.5, 0.6) is 0 Å². The van der Waals surface area contributed by atoms with E-state index in [0.29, 0.717) is 27.9 Å². The fourth-order valence-corrected chi connectivity index (χ4v) is 3.23. The molecule has 0 unspecified atom stereocenters. The van der Waals surface area contributed by atoms with Gasteiger partial charge in [0.25, 0.3) is 5.56 Å². The first-order chi connectivity index (χ1) is 13.1. The minimum atomic E-state index is -0.155. The smallest absolute Gasteiger partial charge is 0.266 e. The molecule has 3 aromatic carbocycles. The van der Waals surface area contributed by atoms with Crippen LogP contribution in [0.4, 0.5) is 0 Å². The number of aromatic nitrogens is 2. The summed E-state index contributed by atoms with van der Waals surface area (Å²) >= 11 is 0. The molecule has 1 heterocycles. The molecule has 4 heteroatoms. The van der Waals surface area contributed by atoms with Gasteiger partial charge in [0.15, 0.2) is 5.78 Å². The minimum Gasteiger partial charge on any atom is -0.294 e. The molecule has 132 valence electrons. The summed E-state index contributed by atoms with van der Waals surface area (Å²) in [6.45, 7) is 3.52. The lowest BCUT2D eigenvalue weighted by atomic mass is 10.0. The van der Waals surface area contributed by atoms with Crippen LogP contribution >= 0.6 is 0 Å². The zero-order valence-electron chi connectivity index (χ0n) is 15.1. The van der Waals surface area contributed by atoms with Gasteiger partial charge in [0.2, 0.25) is 0 Å². The summed E-state index contributed by atoms with van der Waals surface area (Å²) < 4.78 is 1.59. The van der Waals surface area contributed by atoms with Gasteiger partial charge in [-0.3, -0.25) is 14.2 Å². The van der Waals surface area contributed by atoms with E-state index in [9.17, 15) is 9.59 Å². The van der Waals surface area contributed by atoms with Crippen LogP contribution in [0.2, 0.25) is 0 Å². The summed E-state index contributed by atoms with van der Waals surface area (Å²) in [6, 6.07) is 22.2. The minimum absolute atomic E-state index is 0.0662. The molecule has 0 spiro atoms. The van der Waals surface area contributed by atoms with E-state index in [4.69, 9.17) is 4.98 Å². The Hall–Kier alpha value is -3.53. The Morgan fingerprint density at radius 3 is 2.30 bits per heavy atom. The van der Waals surface area contributed by atoms with Crippen LogP contribution in [0.1, 0.15) is 22.8 Å². The number of rotatable bonds is 3. The number of hydrogen-bond acceptors (Lipinski definition) is 3. The lowest BCUT2D eigenvalue weighted by molar-refractivity contribution is 0.101. The molecule has 0 saturated heterocycles. The Morgan fingerprint density at radius 1 is 0.889 bits per heavy atom. The molecule has 0 aliphatic carbocycles. The zero-order chi connectivity index (χ0) is 19.0. The Morgan fingerprint density at radius 2 is 1.56 bits per heavy atom. The van der Waals surface area contributed by atoms with Crippen molar-refractivity contribution in [2.45, 2.75) is 13.8 Å². The van der Waals surface area contributed by atoms with E-state index >= 15 is 0 Å². The maximum absolute atomic E-state index is 13.3. The summed E-state index contributed by atoms with van der Waals surface area (Å²) in [4.78, 5) is 30.3. The highest BCUT2D eigenvalue weighted by Crippen LogP contribution is 2.26. The predicted octanol–water partition coefficient (Wildman–Crippen LogP) is 4.56. The van der Waals surface area contributed by atoms with E-state index in [2.05, 4.69) is 0 Å². The lowest BCUT2D eigenvalue weighted by Gasteiger charge is -2.16. The molecule has 0 radical (unpaired) electrons. The van der Waals surface area contributed by atoms with E-state index in [1.54, 1.807) is 16.7 Å². The number of Topliss-reactive ketones (excluding diaryl/α,β-unsaturated/α-hetero) is 1. The number of aryl methyl sites for hydroxylation is 1. The highest BCUT2D eigenvalue weighted by atomic mass is 16.1. The molecular formula is C23H18N2O2. The lowest BCUT2D eigenvalue weighted by Crippen LogP contribution is -2.22. The van der Waals surface area contributed by atoms with Crippen LogP contribution in [0.15, 0.2) is 77.6 Å². The number of nitrogens with zero attached hydrogens (tertiary/aromatic N) is 2. The molecule has 0 N–H and O–H groups in total. The average molecular weight is 354 g/mol. The predicted molar refractivity (Wildman–Crippen MR) is 108 cm³/mol. The molecule has 4 aromatic rings. The molecule has 0 aliphatic heterocycles. The van der Waals surface area contributed by atoms with E-state index in [-0.39, 0.29) is 11.3 Å². The van der Waals surface area contributed by atoms with Crippen molar-refractivity contribution in [2.24, 2.45) is 0 Å². The van der Waals surface area contributed by atoms with Gasteiger partial charge in [0, 0.05) is 11.1 Å². The SMILES string of the molecule is CC(=O)c1ccccc1-c1nc2ccccc2c(=O)n1-c1ccc(C)cc1. The molecule has 0 atom stereocenters. The molecule has 0 amide bonds. The first-order valence-electron chi connectivity index (χ1n) is 8.75. The maximum atomic E-state index is 13.3. The Bertz CT molecular complexity index is 1220. The van der Waals surface area contributed by atoms with Crippen LogP contribution in [-0.2, 0) is 0 Å². The first kappa shape index (κ1) is 16.9. The molecule has 27 heavy (non-hydrogen) atoms. The zero-order valence-corrected chi connectivity index (χ0v) is 15.1. The second kappa shape index (κ2) is 6.65. The molecule has 1 aromatic heterocycles. The number of carbonyl (C=O) groups excluding carboxylic acids is 1. The topological polar surface area (TPSA) is 52.0 Å². The van der Waals surface area contributed by atoms with Crippen molar-refractivity contribution < 1.29 is 4.79 Å². The standard InChI is InChI=1S/C23H18N2O2/c1-15-11-13-17(14-12-15)25-22(19-8-4-3-7-18(19)16(2)26)24-21-10-6-5-9-20(21)23(25)27/h3-14H,1-2H3. The highest BCUT2D eigenvalue weighted by molar-refractivity contribution is 6.00. The van der Waals surface area contributed by atoms with Crippen molar-refractivity contribution in [3.63, 3.8) is 0 Å². The van der Waals surface area contributed by atoms with Gasteiger partial charge in [0.05, 0.1) is 16.6 Å². The normalized spacial score (nSPS) is 10.9. The molecule has 4 rings (SSSR count). The van der Waals surface area contributed by atoms with Crippen LogP contribution in [0, 0.1) is 6.92 Å². The van der Waals surface area contributed by atoms with Gasteiger partial charge in [-0.1, -0.05) is 54.1 Å². The third kappa shape index (κ3) is 2.95. The third-order valence-corrected chi connectivity index (χ3v) is 4.62. The number of ketones is 1. The summed E-state index contributed by atoms with van der Waals surface area (Å²) in [6.07, 6.45) is 0. The van der Waals surface area contributed by atoms with Crippen LogP contribution in [0.25, 0.3) is 28.0 Å². The summed E-state index contributed by atoms with van der Waals surface area (Å²) in [5, 5.41) is 0.544. The fraction of sp³-hybridized carbons (Fsp3) is 0.0870. The van der Waals surface area contributed by atoms with E-state index in [0.717, 1.165) is 11.3 Å². The number of carbonyl (C=O) groups is 1. The maximum Gasteiger partial charge on any atom is 0.266 e. The first-order valence-corrected chi connectivity index (χ1v) is 8.75. The number of benzene rings is 3. The van der Waals surface area contributed by atoms with Gasteiger partial charge in [-0.25, -0.2) is 4.98 Å². The largest absolute Gasteiger partial charge is 0.294 e. The number of fused-ring (bicyclic) bond motifs is 1. The van der Waals surface area contributed by atoms with Gasteiger partial charge < -0.3 is 0 Å². The van der Waals surface area contributed by atoms with Gasteiger partial charge >= 0.3 is 0 Å². The highest BCUT2D eigenvalue weighted by Gasteiger charge is 2.18. The van der Waals surface area contributed by atoms with Crippen molar-refractivity contribution in [2.75, 3.05) is 0 Å². The number of hydrogen-bond donors (Lipinski definition) is 0. The summed E-state index contributed by atoms with van der Waals surface area (Å²) in [5.74, 6) is 0.400. The third-order valence-electron chi connectivity index (χ3n) is 4.62. The van der Waals surface area contributed by atoms with Crippen LogP contribution in [-0.4, -0.2) is 15.3 Å². The van der Waals surface area contributed by atoms with Crippen molar-refractivity contribution in [1.29, 1.82) is 0 Å². The summed E-state index contributed by atoms with van der Waals surface area (Å²) in [7, 11) is 0. The Kier molecular flexibility index (Phi) is 4.16. The van der Waals surface area contributed by atoms with Crippen molar-refractivity contribution in [1.82, 2.24) is 9.55 Å². The van der Waals surface area contributed by atoms with E-state index in [1.807, 2.05) is 67.6 Å². The van der Waals surface area contributed by atoms with E-state index < -0.39 is 0 Å². The average Bonchev–Trinajstić information content (AvgIpc) is 2.69. The van der Waals surface area contributed by atoms with Gasteiger partial charge in [-0.05, 0) is 38.1 Å². The fourth-order valence-electron chi connectivity index (χ4n) is 3.23. The molecule has 0 aliphatic rings. The number of para-hydroxylation sites is 1. The summed E-state index contributed by atoms with van der Waals surface area (Å²) in [5.41, 5.74) is 3.47. The monoisotopic (exact) mass is 354 g/mol. The Labute approximate surface area is 156 Å². The Balaban J connectivity index is 2.14. The van der Waals surface area contributed by atoms with Crippen molar-refractivity contribution in [3.05, 3.63) is 94.3 Å². The van der Waals surface area contributed by atoms with Gasteiger partial charge in [0.1, 0.15) is 5.82 Å². The van der Waals surface area contributed by atoms with E-state index in [1.165, 1.54) is 6.92 Å². The molecule has 0 saturated carbocycles. The molecule has 4 nitrogen and oxygen atoms in total. The van der Waals surface area contributed by atoms with Gasteiger partial charge in [-0.15, -0.1) is 0 Å².